The zero-order valence-corrected chi connectivity index (χ0v) is 12.6. The fraction of sp³-hybridized carbons (Fsp3) is 0.588. The van der Waals surface area contributed by atoms with Gasteiger partial charge >= 0.3 is 5.97 Å². The second kappa shape index (κ2) is 5.86. The summed E-state index contributed by atoms with van der Waals surface area (Å²) in [6, 6.07) is 7.99. The molecule has 0 spiro atoms. The van der Waals surface area contributed by atoms with E-state index in [1.165, 1.54) is 0 Å². The Morgan fingerprint density at radius 2 is 2.15 bits per heavy atom. The van der Waals surface area contributed by atoms with Crippen molar-refractivity contribution in [3.05, 3.63) is 29.8 Å². The predicted molar refractivity (Wildman–Crippen MR) is 82.0 cm³/mol. The van der Waals surface area contributed by atoms with Crippen LogP contribution in [0.1, 0.15) is 45.1 Å². The van der Waals surface area contributed by atoms with E-state index in [4.69, 9.17) is 0 Å². The van der Waals surface area contributed by atoms with Crippen LogP contribution in [0.5, 0.6) is 0 Å². The second-order valence-electron chi connectivity index (χ2n) is 6.37. The molecule has 1 aromatic carbocycles. The molecule has 0 heterocycles. The van der Waals surface area contributed by atoms with Crippen molar-refractivity contribution in [3.8, 4) is 0 Å². The van der Waals surface area contributed by atoms with Crippen molar-refractivity contribution in [1.29, 1.82) is 0 Å². The first-order valence-electron chi connectivity index (χ1n) is 7.54. The quantitative estimate of drug-likeness (QED) is 0.870. The minimum absolute atomic E-state index is 0.175. The lowest BCUT2D eigenvalue weighted by molar-refractivity contribution is -0.146. The molecule has 0 amide bonds. The summed E-state index contributed by atoms with van der Waals surface area (Å²) >= 11 is 0. The maximum Gasteiger partial charge on any atom is 0.329 e. The van der Waals surface area contributed by atoms with E-state index in [0.717, 1.165) is 30.5 Å². The van der Waals surface area contributed by atoms with E-state index in [0.29, 0.717) is 12.3 Å². The maximum atomic E-state index is 12.0. The fourth-order valence-electron chi connectivity index (χ4n) is 3.56. The highest BCUT2D eigenvalue weighted by Gasteiger charge is 2.48. The summed E-state index contributed by atoms with van der Waals surface area (Å²) in [6.07, 6.45) is 3.81. The Morgan fingerprint density at radius 3 is 2.75 bits per heavy atom. The number of nitrogens with one attached hydrogen (secondary N) is 1. The Labute approximate surface area is 121 Å². The molecule has 2 N–H and O–H groups in total. The van der Waals surface area contributed by atoms with Crippen LogP contribution in [0.2, 0.25) is 0 Å². The summed E-state index contributed by atoms with van der Waals surface area (Å²) in [6.45, 7) is 6.29. The summed E-state index contributed by atoms with van der Waals surface area (Å²) in [4.78, 5) is 12.0. The van der Waals surface area contributed by atoms with E-state index in [2.05, 4.69) is 19.2 Å². The number of anilines is 1. The molecule has 1 aliphatic rings. The molecule has 2 atom stereocenters. The first-order chi connectivity index (χ1) is 9.45. The molecule has 1 fully saturated rings. The lowest BCUT2D eigenvalue weighted by Crippen LogP contribution is -2.55. The van der Waals surface area contributed by atoms with Crippen LogP contribution in [0, 0.1) is 18.8 Å². The molecule has 1 saturated carbocycles. The monoisotopic (exact) mass is 275 g/mol. The molecule has 2 rings (SSSR count). The summed E-state index contributed by atoms with van der Waals surface area (Å²) in [7, 11) is 0. The highest BCUT2D eigenvalue weighted by molar-refractivity contribution is 5.83. The highest BCUT2D eigenvalue weighted by atomic mass is 16.4. The number of hydrogen-bond donors (Lipinski definition) is 2. The van der Waals surface area contributed by atoms with Gasteiger partial charge in [0.1, 0.15) is 5.54 Å². The molecule has 3 heteroatoms. The molecule has 0 radical (unpaired) electrons. The first kappa shape index (κ1) is 14.9. The third-order valence-electron chi connectivity index (χ3n) is 4.54. The van der Waals surface area contributed by atoms with Crippen molar-refractivity contribution in [2.75, 3.05) is 5.32 Å². The molecule has 1 aliphatic carbocycles. The van der Waals surface area contributed by atoms with Crippen molar-refractivity contribution in [2.45, 2.75) is 52.0 Å². The van der Waals surface area contributed by atoms with Crippen molar-refractivity contribution in [1.82, 2.24) is 0 Å². The summed E-state index contributed by atoms with van der Waals surface area (Å²) in [5, 5.41) is 13.2. The van der Waals surface area contributed by atoms with E-state index in [1.54, 1.807) is 0 Å². The van der Waals surface area contributed by atoms with Gasteiger partial charge in [-0.25, -0.2) is 4.79 Å². The standard InChI is InChI=1S/C17H25NO2/c1-12(2)15-9-4-5-10-17(15,16(19)20)18-14-8-6-7-13(3)11-14/h6-8,11-12,15,18H,4-5,9-10H2,1-3H3,(H,19,20). The normalized spacial score (nSPS) is 26.5. The van der Waals surface area contributed by atoms with E-state index in [1.807, 2.05) is 31.2 Å². The highest BCUT2D eigenvalue weighted by Crippen LogP contribution is 2.41. The Morgan fingerprint density at radius 1 is 1.40 bits per heavy atom. The topological polar surface area (TPSA) is 49.3 Å². The molecule has 1 aromatic rings. The number of aryl methyl sites for hydroxylation is 1. The average molecular weight is 275 g/mol. The third-order valence-corrected chi connectivity index (χ3v) is 4.54. The number of rotatable bonds is 4. The molecular formula is C17H25NO2. The van der Waals surface area contributed by atoms with Crippen LogP contribution >= 0.6 is 0 Å². The maximum absolute atomic E-state index is 12.0. The SMILES string of the molecule is Cc1cccc(NC2(C(=O)O)CCCCC2C(C)C)c1. The molecule has 0 aromatic heterocycles. The number of benzene rings is 1. The Hall–Kier alpha value is -1.51. The predicted octanol–water partition coefficient (Wildman–Crippen LogP) is 4.08. The van der Waals surface area contributed by atoms with Gasteiger partial charge in [0.05, 0.1) is 0 Å². The van der Waals surface area contributed by atoms with E-state index >= 15 is 0 Å². The molecule has 0 aliphatic heterocycles. The van der Waals surface area contributed by atoms with Gasteiger partial charge in [-0.3, -0.25) is 0 Å². The van der Waals surface area contributed by atoms with Gasteiger partial charge in [0, 0.05) is 5.69 Å². The van der Waals surface area contributed by atoms with E-state index in [9.17, 15) is 9.90 Å². The van der Waals surface area contributed by atoms with Gasteiger partial charge in [0.15, 0.2) is 0 Å². The third kappa shape index (κ3) is 2.82. The molecule has 0 bridgehead atoms. The summed E-state index contributed by atoms with van der Waals surface area (Å²) in [5.74, 6) is -0.171. The van der Waals surface area contributed by atoms with Gasteiger partial charge in [-0.2, -0.15) is 0 Å². The molecular weight excluding hydrogens is 250 g/mol. The van der Waals surface area contributed by atoms with Gasteiger partial charge in [-0.15, -0.1) is 0 Å². The van der Waals surface area contributed by atoms with Gasteiger partial charge < -0.3 is 10.4 Å². The Kier molecular flexibility index (Phi) is 4.36. The Bertz CT molecular complexity index is 484. The zero-order chi connectivity index (χ0) is 14.8. The largest absolute Gasteiger partial charge is 0.479 e. The number of carboxylic acid groups (broad SMARTS) is 1. The second-order valence-corrected chi connectivity index (χ2v) is 6.37. The average Bonchev–Trinajstić information content (AvgIpc) is 2.38. The lowest BCUT2D eigenvalue weighted by Gasteiger charge is -2.44. The Balaban J connectivity index is 2.35. The van der Waals surface area contributed by atoms with Crippen molar-refractivity contribution >= 4 is 11.7 Å². The minimum Gasteiger partial charge on any atom is -0.479 e. The number of carbonyl (C=O) groups is 1. The number of hydrogen-bond acceptors (Lipinski definition) is 2. The van der Waals surface area contributed by atoms with Gasteiger partial charge in [-0.05, 0) is 49.3 Å². The van der Waals surface area contributed by atoms with Gasteiger partial charge in [0.2, 0.25) is 0 Å². The summed E-state index contributed by atoms with van der Waals surface area (Å²) < 4.78 is 0. The van der Waals surface area contributed by atoms with E-state index in [-0.39, 0.29) is 5.92 Å². The summed E-state index contributed by atoms with van der Waals surface area (Å²) in [5.41, 5.74) is 1.24. The van der Waals surface area contributed by atoms with Crippen LogP contribution in [0.4, 0.5) is 5.69 Å². The van der Waals surface area contributed by atoms with Gasteiger partial charge in [-0.1, -0.05) is 38.8 Å². The van der Waals surface area contributed by atoms with Gasteiger partial charge in [0.25, 0.3) is 0 Å². The van der Waals surface area contributed by atoms with Crippen molar-refractivity contribution in [3.63, 3.8) is 0 Å². The van der Waals surface area contributed by atoms with Crippen LogP contribution in [0.3, 0.4) is 0 Å². The zero-order valence-electron chi connectivity index (χ0n) is 12.6. The number of aliphatic carboxylic acids is 1. The lowest BCUT2D eigenvalue weighted by atomic mass is 9.67. The minimum atomic E-state index is -0.819. The van der Waals surface area contributed by atoms with Crippen LogP contribution in [-0.4, -0.2) is 16.6 Å². The molecule has 3 nitrogen and oxygen atoms in total. The van der Waals surface area contributed by atoms with Crippen LogP contribution in [-0.2, 0) is 4.79 Å². The van der Waals surface area contributed by atoms with Crippen LogP contribution < -0.4 is 5.32 Å². The number of carboxylic acids is 1. The molecule has 0 saturated heterocycles. The first-order valence-corrected chi connectivity index (χ1v) is 7.54. The van der Waals surface area contributed by atoms with Crippen LogP contribution in [0.25, 0.3) is 0 Å². The van der Waals surface area contributed by atoms with E-state index < -0.39 is 11.5 Å². The van der Waals surface area contributed by atoms with Crippen LogP contribution in [0.15, 0.2) is 24.3 Å². The van der Waals surface area contributed by atoms with Crippen molar-refractivity contribution in [2.24, 2.45) is 11.8 Å². The fourth-order valence-corrected chi connectivity index (χ4v) is 3.56. The molecule has 20 heavy (non-hydrogen) atoms. The molecule has 110 valence electrons. The van der Waals surface area contributed by atoms with Crippen molar-refractivity contribution < 1.29 is 9.90 Å². The smallest absolute Gasteiger partial charge is 0.329 e. The molecule has 2 unspecified atom stereocenters.